The van der Waals surface area contributed by atoms with Gasteiger partial charge in [-0.3, -0.25) is 4.79 Å². The first-order valence-electron chi connectivity index (χ1n) is 4.32. The highest BCUT2D eigenvalue weighted by atomic mass is 16.1. The summed E-state index contributed by atoms with van der Waals surface area (Å²) < 4.78 is 0. The second-order valence-corrected chi connectivity index (χ2v) is 3.36. The lowest BCUT2D eigenvalue weighted by Crippen LogP contribution is -2.23. The monoisotopic (exact) mass is 180 g/mol. The number of carbonyl (C=O) groups is 1. The second-order valence-electron chi connectivity index (χ2n) is 3.36. The van der Waals surface area contributed by atoms with Gasteiger partial charge in [-0.05, 0) is 5.56 Å². The average Bonchev–Trinajstić information content (AvgIpc) is 2.53. The minimum absolute atomic E-state index is 0.113. The number of ketones is 1. The van der Waals surface area contributed by atoms with Gasteiger partial charge in [0.1, 0.15) is 0 Å². The van der Waals surface area contributed by atoms with Crippen molar-refractivity contribution in [1.29, 1.82) is 0 Å². The van der Waals surface area contributed by atoms with Crippen molar-refractivity contribution in [2.45, 2.75) is 6.42 Å². The molecule has 14 heavy (non-hydrogen) atoms. The van der Waals surface area contributed by atoms with Crippen LogP contribution in [0.2, 0.25) is 0 Å². The van der Waals surface area contributed by atoms with Gasteiger partial charge in [-0.15, -0.1) is 12.8 Å². The Hall–Kier alpha value is -1.99. The summed E-state index contributed by atoms with van der Waals surface area (Å²) in [6.07, 6.45) is 11.1. The van der Waals surface area contributed by atoms with Crippen LogP contribution in [-0.2, 0) is 6.42 Å². The summed E-state index contributed by atoms with van der Waals surface area (Å²) in [5.41, 5.74) is 0.584. The number of benzene rings is 1. The summed E-state index contributed by atoms with van der Waals surface area (Å²) in [6.45, 7) is 0. The first kappa shape index (κ1) is 8.60. The smallest absolute Gasteiger partial charge is 0.193 e. The molecule has 0 atom stereocenters. The molecule has 0 aromatic heterocycles. The molecule has 0 heterocycles. The predicted molar refractivity (Wildman–Crippen MR) is 54.6 cm³/mol. The molecule has 0 saturated carbocycles. The van der Waals surface area contributed by atoms with Crippen molar-refractivity contribution in [2.75, 3.05) is 0 Å². The molecule has 2 rings (SSSR count). The molecule has 0 amide bonds. The summed E-state index contributed by atoms with van der Waals surface area (Å²) in [5, 5.41) is 0. The van der Waals surface area contributed by atoms with Gasteiger partial charge in [-0.2, -0.15) is 0 Å². The summed E-state index contributed by atoms with van der Waals surface area (Å²) in [4.78, 5) is 11.9. The number of hydrogen-bond acceptors (Lipinski definition) is 1. The molecule has 0 N–H and O–H groups in total. The quantitative estimate of drug-likeness (QED) is 0.555. The molecule has 1 nitrogen and oxygen atoms in total. The van der Waals surface area contributed by atoms with Crippen LogP contribution in [0.3, 0.4) is 0 Å². The van der Waals surface area contributed by atoms with Gasteiger partial charge in [-0.1, -0.05) is 36.1 Å². The molecule has 0 bridgehead atoms. The van der Waals surface area contributed by atoms with E-state index in [9.17, 15) is 4.79 Å². The molecule has 1 aliphatic carbocycles. The largest absolute Gasteiger partial charge is 0.291 e. The Labute approximate surface area is 83.1 Å². The van der Waals surface area contributed by atoms with E-state index in [1.165, 1.54) is 0 Å². The molecule has 66 valence electrons. The van der Waals surface area contributed by atoms with Gasteiger partial charge in [0.15, 0.2) is 11.2 Å². The van der Waals surface area contributed by atoms with Crippen LogP contribution in [0.1, 0.15) is 15.9 Å². The van der Waals surface area contributed by atoms with Gasteiger partial charge < -0.3 is 0 Å². The van der Waals surface area contributed by atoms with E-state index in [1.807, 2.05) is 18.2 Å². The third-order valence-electron chi connectivity index (χ3n) is 2.60. The number of carbonyl (C=O) groups excluding carboxylic acids is 1. The fourth-order valence-electron chi connectivity index (χ4n) is 1.77. The Morgan fingerprint density at radius 3 is 2.43 bits per heavy atom. The van der Waals surface area contributed by atoms with E-state index in [0.29, 0.717) is 12.0 Å². The fraction of sp³-hybridized carbons (Fsp3) is 0.154. The summed E-state index contributed by atoms with van der Waals surface area (Å²) >= 11 is 0. The van der Waals surface area contributed by atoms with Crippen LogP contribution in [0.15, 0.2) is 24.3 Å². The van der Waals surface area contributed by atoms with Gasteiger partial charge in [0.05, 0.1) is 0 Å². The molecule has 1 aromatic rings. The van der Waals surface area contributed by atoms with Crippen LogP contribution in [-0.4, -0.2) is 5.78 Å². The first-order chi connectivity index (χ1) is 6.73. The van der Waals surface area contributed by atoms with Crippen molar-refractivity contribution in [3.8, 4) is 24.7 Å². The molecular formula is C13H8O. The van der Waals surface area contributed by atoms with E-state index in [2.05, 4.69) is 11.8 Å². The Morgan fingerprint density at radius 2 is 1.86 bits per heavy atom. The zero-order valence-corrected chi connectivity index (χ0v) is 7.58. The molecule has 0 spiro atoms. The highest BCUT2D eigenvalue weighted by Crippen LogP contribution is 2.35. The number of rotatable bonds is 0. The molecule has 0 unspecified atom stereocenters. The molecule has 1 aliphatic rings. The zero-order valence-electron chi connectivity index (χ0n) is 7.58. The van der Waals surface area contributed by atoms with Crippen LogP contribution in [0.25, 0.3) is 0 Å². The highest BCUT2D eigenvalue weighted by molar-refractivity contribution is 6.08. The van der Waals surface area contributed by atoms with Crippen molar-refractivity contribution in [3.63, 3.8) is 0 Å². The lowest BCUT2D eigenvalue weighted by atomic mass is 9.86. The third-order valence-corrected chi connectivity index (χ3v) is 2.60. The Kier molecular flexibility index (Phi) is 1.69. The van der Waals surface area contributed by atoms with Crippen LogP contribution >= 0.6 is 0 Å². The first-order valence-corrected chi connectivity index (χ1v) is 4.32. The Balaban J connectivity index is 2.62. The maximum atomic E-state index is 11.9. The van der Waals surface area contributed by atoms with E-state index in [1.54, 1.807) is 6.07 Å². The van der Waals surface area contributed by atoms with Crippen molar-refractivity contribution in [1.82, 2.24) is 0 Å². The SMILES string of the molecule is C#CC1(C#C)Cc2ccccc2C1=O. The van der Waals surface area contributed by atoms with Crippen molar-refractivity contribution in [3.05, 3.63) is 35.4 Å². The number of terminal acetylenes is 2. The summed E-state index contributed by atoms with van der Waals surface area (Å²) in [6, 6.07) is 7.37. The van der Waals surface area contributed by atoms with E-state index < -0.39 is 5.41 Å². The predicted octanol–water partition coefficient (Wildman–Crippen LogP) is 1.68. The maximum Gasteiger partial charge on any atom is 0.193 e. The van der Waals surface area contributed by atoms with Gasteiger partial charge in [0.2, 0.25) is 0 Å². The minimum Gasteiger partial charge on any atom is -0.291 e. The molecule has 0 saturated heterocycles. The molecular weight excluding hydrogens is 172 g/mol. The minimum atomic E-state index is -1.04. The summed E-state index contributed by atoms with van der Waals surface area (Å²) in [5.74, 6) is 4.76. The van der Waals surface area contributed by atoms with Crippen molar-refractivity contribution >= 4 is 5.78 Å². The van der Waals surface area contributed by atoms with Crippen LogP contribution in [0.5, 0.6) is 0 Å². The molecule has 0 radical (unpaired) electrons. The van der Waals surface area contributed by atoms with E-state index in [0.717, 1.165) is 5.56 Å². The van der Waals surface area contributed by atoms with Gasteiger partial charge in [0, 0.05) is 12.0 Å². The Bertz CT molecular complexity index is 469. The molecule has 1 aromatic carbocycles. The van der Waals surface area contributed by atoms with Crippen LogP contribution in [0.4, 0.5) is 0 Å². The topological polar surface area (TPSA) is 17.1 Å². The van der Waals surface area contributed by atoms with Gasteiger partial charge >= 0.3 is 0 Å². The third kappa shape index (κ3) is 0.902. The van der Waals surface area contributed by atoms with Crippen LogP contribution < -0.4 is 0 Å². The van der Waals surface area contributed by atoms with Crippen molar-refractivity contribution in [2.24, 2.45) is 5.41 Å². The number of Topliss-reactive ketones (excluding diaryl/α,β-unsaturated/α-hetero) is 1. The fourth-order valence-corrected chi connectivity index (χ4v) is 1.77. The van der Waals surface area contributed by atoms with Gasteiger partial charge in [0.25, 0.3) is 0 Å². The van der Waals surface area contributed by atoms with E-state index in [4.69, 9.17) is 12.8 Å². The van der Waals surface area contributed by atoms with Crippen molar-refractivity contribution < 1.29 is 4.79 Å². The van der Waals surface area contributed by atoms with Crippen LogP contribution in [0, 0.1) is 30.1 Å². The molecule has 1 heteroatoms. The second kappa shape index (κ2) is 2.76. The van der Waals surface area contributed by atoms with Gasteiger partial charge in [-0.25, -0.2) is 0 Å². The molecule has 0 fully saturated rings. The maximum absolute atomic E-state index is 11.9. The normalized spacial score (nSPS) is 16.9. The average molecular weight is 180 g/mol. The molecule has 0 aliphatic heterocycles. The standard InChI is InChI=1S/C13H8O/c1-3-13(4-2)9-10-7-5-6-8-11(10)12(13)14/h1-2,5-8H,9H2. The zero-order chi connectivity index (χ0) is 10.2. The number of hydrogen-bond donors (Lipinski definition) is 0. The highest BCUT2D eigenvalue weighted by Gasteiger charge is 2.42. The lowest BCUT2D eigenvalue weighted by molar-refractivity contribution is 0.0927. The number of fused-ring (bicyclic) bond motifs is 1. The lowest BCUT2D eigenvalue weighted by Gasteiger charge is -2.11. The summed E-state index contributed by atoms with van der Waals surface area (Å²) in [7, 11) is 0. The van der Waals surface area contributed by atoms with E-state index in [-0.39, 0.29) is 5.78 Å². The van der Waals surface area contributed by atoms with E-state index >= 15 is 0 Å². The Morgan fingerprint density at radius 1 is 1.21 bits per heavy atom.